The van der Waals surface area contributed by atoms with E-state index in [2.05, 4.69) is 0 Å². The molecular weight excluding hydrogens is 458 g/mol. The molecule has 0 radical (unpaired) electrons. The maximum absolute atomic E-state index is 13.9. The lowest BCUT2D eigenvalue weighted by molar-refractivity contribution is -0.170. The average Bonchev–Trinajstić information content (AvgIpc) is 3.06. The first-order valence-corrected chi connectivity index (χ1v) is 12.4. The highest BCUT2D eigenvalue weighted by Gasteiger charge is 2.72. The van der Waals surface area contributed by atoms with E-state index in [4.69, 9.17) is 9.47 Å². The number of esters is 2. The number of unbranched alkanes of at least 4 members (excludes halogenated alkanes) is 1. The second-order valence-corrected chi connectivity index (χ2v) is 9.07. The number of aliphatic hydroxyl groups is 1. The van der Waals surface area contributed by atoms with Gasteiger partial charge in [-0.1, -0.05) is 86.2 Å². The van der Waals surface area contributed by atoms with Crippen LogP contribution in [0.5, 0.6) is 0 Å². The molecule has 36 heavy (non-hydrogen) atoms. The van der Waals surface area contributed by atoms with Crippen molar-refractivity contribution in [2.45, 2.75) is 57.8 Å². The third kappa shape index (κ3) is 5.07. The zero-order valence-corrected chi connectivity index (χ0v) is 21.2. The molecule has 3 unspecified atom stereocenters. The van der Waals surface area contributed by atoms with E-state index in [0.29, 0.717) is 0 Å². The zero-order chi connectivity index (χ0) is 26.2. The molecule has 0 saturated carbocycles. The third-order valence-corrected chi connectivity index (χ3v) is 6.79. The third-order valence-electron chi connectivity index (χ3n) is 6.79. The van der Waals surface area contributed by atoms with E-state index in [-0.39, 0.29) is 26.1 Å². The number of allylic oxidation sites excluding steroid dienone is 2. The van der Waals surface area contributed by atoms with Crippen molar-refractivity contribution in [1.29, 1.82) is 0 Å². The summed E-state index contributed by atoms with van der Waals surface area (Å²) < 4.78 is 11.0. The first-order chi connectivity index (χ1) is 17.3. The van der Waals surface area contributed by atoms with E-state index >= 15 is 0 Å². The van der Waals surface area contributed by atoms with Crippen molar-refractivity contribution in [2.24, 2.45) is 5.41 Å². The maximum Gasteiger partial charge on any atom is 0.335 e. The largest absolute Gasteiger partial charge is 0.464 e. The lowest BCUT2D eigenvalue weighted by atomic mass is 9.72. The Kier molecular flexibility index (Phi) is 9.04. The molecule has 7 nitrogen and oxygen atoms in total. The summed E-state index contributed by atoms with van der Waals surface area (Å²) in [6, 6.07) is 18.2. The number of aliphatic hydroxyl groups excluding tert-OH is 1. The number of carbonyl (C=O) groups excluding carboxylic acids is 3. The van der Waals surface area contributed by atoms with Crippen molar-refractivity contribution < 1.29 is 29.0 Å². The van der Waals surface area contributed by atoms with Gasteiger partial charge in [0.1, 0.15) is 12.7 Å². The second kappa shape index (κ2) is 12.0. The van der Waals surface area contributed by atoms with Crippen molar-refractivity contribution in [3.63, 3.8) is 0 Å². The summed E-state index contributed by atoms with van der Waals surface area (Å²) in [5.74, 6) is -2.29. The molecule has 1 saturated heterocycles. The molecule has 0 aliphatic carbocycles. The van der Waals surface area contributed by atoms with Gasteiger partial charge >= 0.3 is 11.9 Å². The van der Waals surface area contributed by atoms with Crippen molar-refractivity contribution in [1.82, 2.24) is 4.90 Å². The van der Waals surface area contributed by atoms with Crippen LogP contribution in [0.25, 0.3) is 0 Å². The van der Waals surface area contributed by atoms with Crippen LogP contribution in [0.15, 0.2) is 72.8 Å². The van der Waals surface area contributed by atoms with E-state index in [1.165, 1.54) is 11.9 Å². The van der Waals surface area contributed by atoms with Gasteiger partial charge in [-0.25, -0.2) is 4.79 Å². The van der Waals surface area contributed by atoms with Gasteiger partial charge in [-0.05, 0) is 30.9 Å². The monoisotopic (exact) mass is 493 g/mol. The van der Waals surface area contributed by atoms with Crippen LogP contribution in [0.2, 0.25) is 0 Å². The summed E-state index contributed by atoms with van der Waals surface area (Å²) in [5, 5.41) is 11.9. The van der Waals surface area contributed by atoms with Crippen LogP contribution < -0.4 is 0 Å². The standard InChI is InChI=1S/C29H35NO6/c1-4-6-7-14-19-28(26(33)36-21-23-17-12-9-13-18-23)24(31)29(27(34)35-5-2,30(3)25(28)32)20-22-15-10-8-11-16-22/h7-18,24,31H,4-6,19-21H2,1-3H3/b14-7+. The number of likely N-dealkylation sites (N-methyl/N-ethyl adjacent to an activating group) is 1. The van der Waals surface area contributed by atoms with Crippen LogP contribution in [0.1, 0.15) is 44.2 Å². The number of hydrogen-bond donors (Lipinski definition) is 1. The van der Waals surface area contributed by atoms with Crippen LogP contribution in [0.4, 0.5) is 0 Å². The Morgan fingerprint density at radius 1 is 0.944 bits per heavy atom. The molecule has 0 aromatic heterocycles. The summed E-state index contributed by atoms with van der Waals surface area (Å²) in [4.78, 5) is 42.2. The Morgan fingerprint density at radius 3 is 2.14 bits per heavy atom. The molecule has 2 aromatic carbocycles. The Labute approximate surface area is 212 Å². The molecular formula is C29H35NO6. The minimum atomic E-state index is -1.99. The van der Waals surface area contributed by atoms with E-state index in [1.807, 2.05) is 49.4 Å². The average molecular weight is 494 g/mol. The van der Waals surface area contributed by atoms with Crippen LogP contribution in [0.3, 0.4) is 0 Å². The molecule has 192 valence electrons. The zero-order valence-electron chi connectivity index (χ0n) is 21.2. The van der Waals surface area contributed by atoms with Gasteiger partial charge in [-0.15, -0.1) is 0 Å². The summed E-state index contributed by atoms with van der Waals surface area (Å²) in [6.07, 6.45) is 3.42. The number of likely N-dealkylation sites (tertiary alicyclic amines) is 1. The molecule has 1 N–H and O–H groups in total. The summed E-state index contributed by atoms with van der Waals surface area (Å²) >= 11 is 0. The first-order valence-electron chi connectivity index (χ1n) is 12.4. The van der Waals surface area contributed by atoms with Gasteiger partial charge in [0, 0.05) is 13.5 Å². The minimum absolute atomic E-state index is 0.0114. The summed E-state index contributed by atoms with van der Waals surface area (Å²) in [5.41, 5.74) is -2.32. The molecule has 1 amide bonds. The van der Waals surface area contributed by atoms with Crippen molar-refractivity contribution in [3.8, 4) is 0 Å². The van der Waals surface area contributed by atoms with Gasteiger partial charge in [0.25, 0.3) is 0 Å². The fraction of sp³-hybridized carbons (Fsp3) is 0.414. The molecule has 1 aliphatic heterocycles. The Bertz CT molecular complexity index is 1070. The molecule has 1 heterocycles. The van der Waals surface area contributed by atoms with Crippen molar-refractivity contribution in [3.05, 3.63) is 83.9 Å². The molecule has 3 rings (SSSR count). The summed E-state index contributed by atoms with van der Waals surface area (Å²) in [7, 11) is 1.44. The highest BCUT2D eigenvalue weighted by atomic mass is 16.5. The van der Waals surface area contributed by atoms with Crippen molar-refractivity contribution in [2.75, 3.05) is 13.7 Å². The molecule has 3 atom stereocenters. The Morgan fingerprint density at radius 2 is 1.56 bits per heavy atom. The first kappa shape index (κ1) is 27.1. The highest BCUT2D eigenvalue weighted by Crippen LogP contribution is 2.48. The number of benzene rings is 2. The van der Waals surface area contributed by atoms with Gasteiger partial charge in [0.05, 0.1) is 6.61 Å². The van der Waals surface area contributed by atoms with Crippen LogP contribution in [0, 0.1) is 5.41 Å². The number of rotatable bonds is 11. The number of carbonyl (C=O) groups is 3. The van der Waals surface area contributed by atoms with E-state index in [0.717, 1.165) is 24.0 Å². The van der Waals surface area contributed by atoms with E-state index in [1.54, 1.807) is 37.3 Å². The van der Waals surface area contributed by atoms with Gasteiger partial charge in [-0.2, -0.15) is 0 Å². The number of ether oxygens (including phenoxy) is 2. The van der Waals surface area contributed by atoms with Gasteiger partial charge in [-0.3, -0.25) is 9.59 Å². The lowest BCUT2D eigenvalue weighted by Crippen LogP contribution is -2.60. The fourth-order valence-electron chi connectivity index (χ4n) is 4.77. The fourth-order valence-corrected chi connectivity index (χ4v) is 4.77. The van der Waals surface area contributed by atoms with E-state index in [9.17, 15) is 19.5 Å². The van der Waals surface area contributed by atoms with Gasteiger partial charge < -0.3 is 19.5 Å². The predicted octanol–water partition coefficient (Wildman–Crippen LogP) is 3.84. The normalized spacial score (nSPS) is 23.7. The van der Waals surface area contributed by atoms with Crippen LogP contribution in [-0.2, 0) is 36.9 Å². The number of nitrogens with zero attached hydrogens (tertiary/aromatic N) is 1. The van der Waals surface area contributed by atoms with E-state index < -0.39 is 34.9 Å². The Hall–Kier alpha value is -3.45. The molecule has 1 aliphatic rings. The molecule has 0 spiro atoms. The predicted molar refractivity (Wildman–Crippen MR) is 136 cm³/mol. The topological polar surface area (TPSA) is 93.1 Å². The van der Waals surface area contributed by atoms with Gasteiger partial charge in [0.2, 0.25) is 5.91 Å². The minimum Gasteiger partial charge on any atom is -0.464 e. The molecule has 7 heteroatoms. The molecule has 1 fully saturated rings. The van der Waals surface area contributed by atoms with Crippen LogP contribution in [-0.4, -0.2) is 53.1 Å². The van der Waals surface area contributed by atoms with Crippen LogP contribution >= 0.6 is 0 Å². The highest BCUT2D eigenvalue weighted by molar-refractivity contribution is 6.09. The number of amides is 1. The number of hydrogen-bond acceptors (Lipinski definition) is 6. The quantitative estimate of drug-likeness (QED) is 0.290. The molecule has 2 aromatic rings. The lowest BCUT2D eigenvalue weighted by Gasteiger charge is -2.37. The SMILES string of the molecule is CCC/C=C/CC1(C(=O)OCc2ccccc2)C(=O)N(C)C(Cc2ccccc2)(C(=O)OCC)C1O. The smallest absolute Gasteiger partial charge is 0.335 e. The van der Waals surface area contributed by atoms with Crippen molar-refractivity contribution >= 4 is 17.8 Å². The second-order valence-electron chi connectivity index (χ2n) is 9.07. The van der Waals surface area contributed by atoms with Gasteiger partial charge in [0.15, 0.2) is 11.0 Å². The molecule has 0 bridgehead atoms. The maximum atomic E-state index is 13.9. The summed E-state index contributed by atoms with van der Waals surface area (Å²) in [6.45, 7) is 3.68. The Balaban J connectivity index is 2.07.